The molecule has 0 unspecified atom stereocenters. The molecule has 1 saturated heterocycles. The van der Waals surface area contributed by atoms with E-state index in [1.165, 1.54) is 12.1 Å². The predicted molar refractivity (Wildman–Crippen MR) is 74.9 cm³/mol. The lowest BCUT2D eigenvalue weighted by Gasteiger charge is -2.33. The Morgan fingerprint density at radius 1 is 1.09 bits per heavy atom. The Morgan fingerprint density at radius 2 is 1.70 bits per heavy atom. The average Bonchev–Trinajstić information content (AvgIpc) is 2.40. The van der Waals surface area contributed by atoms with E-state index in [0.29, 0.717) is 4.47 Å². The molecule has 130 valence electrons. The number of hydrogen-bond donors (Lipinski definition) is 0. The average molecular weight is 406 g/mol. The van der Waals surface area contributed by atoms with Gasteiger partial charge in [-0.3, -0.25) is 4.90 Å². The lowest BCUT2D eigenvalue weighted by Crippen LogP contribution is -2.38. The van der Waals surface area contributed by atoms with Gasteiger partial charge in [-0.05, 0) is 38.1 Å². The number of likely N-dealkylation sites (tertiary alicyclic amines) is 1. The quantitative estimate of drug-likeness (QED) is 0.647. The molecule has 0 aromatic heterocycles. The van der Waals surface area contributed by atoms with Crippen LogP contribution in [0.1, 0.15) is 18.4 Å². The van der Waals surface area contributed by atoms with Gasteiger partial charge in [-0.1, -0.05) is 22.0 Å². The number of hydrogen-bond acceptors (Lipinski definition) is 2. The maximum atomic E-state index is 12.6. The molecule has 1 fully saturated rings. The molecule has 0 spiro atoms. The van der Waals surface area contributed by atoms with Crippen LogP contribution < -0.4 is 4.74 Å². The molecular weight excluding hydrogens is 392 g/mol. The number of benzene rings is 1. The number of ether oxygens (including phenoxy) is 1. The van der Waals surface area contributed by atoms with Crippen molar-refractivity contribution in [3.63, 3.8) is 0 Å². The van der Waals surface area contributed by atoms with Crippen LogP contribution in [0.5, 0.6) is 5.75 Å². The van der Waals surface area contributed by atoms with E-state index in [2.05, 4.69) is 20.7 Å². The van der Waals surface area contributed by atoms with Crippen LogP contribution in [-0.2, 0) is 6.54 Å². The molecule has 0 bridgehead atoms. The smallest absolute Gasteiger partial charge is 0.405 e. The molecule has 0 atom stereocenters. The molecule has 1 aliphatic heterocycles. The van der Waals surface area contributed by atoms with E-state index >= 15 is 0 Å². The molecular formula is C14H14BrF6NO. The first-order valence-corrected chi connectivity index (χ1v) is 7.67. The Morgan fingerprint density at radius 3 is 2.22 bits per heavy atom. The first kappa shape index (κ1) is 18.4. The predicted octanol–water partition coefficient (Wildman–Crippen LogP) is 5.12. The second kappa shape index (κ2) is 6.88. The zero-order valence-corrected chi connectivity index (χ0v) is 13.4. The van der Waals surface area contributed by atoms with Crippen molar-refractivity contribution in [2.45, 2.75) is 31.9 Å². The normalized spacial score (nSPS) is 18.2. The molecule has 1 aliphatic rings. The van der Waals surface area contributed by atoms with Gasteiger partial charge in [0, 0.05) is 16.6 Å². The van der Waals surface area contributed by atoms with Crippen molar-refractivity contribution in [2.75, 3.05) is 13.1 Å². The third-order valence-corrected chi connectivity index (χ3v) is 4.19. The molecule has 0 amide bonds. The van der Waals surface area contributed by atoms with Gasteiger partial charge < -0.3 is 4.74 Å². The summed E-state index contributed by atoms with van der Waals surface area (Å²) in [5, 5.41) is 0. The van der Waals surface area contributed by atoms with E-state index in [1.807, 2.05) is 0 Å². The molecule has 1 aromatic rings. The number of rotatable bonds is 3. The van der Waals surface area contributed by atoms with Crippen LogP contribution in [0.15, 0.2) is 22.7 Å². The summed E-state index contributed by atoms with van der Waals surface area (Å²) in [6.07, 6.45) is -9.13. The maximum Gasteiger partial charge on any atom is 0.573 e. The highest BCUT2D eigenvalue weighted by Crippen LogP contribution is 2.35. The zero-order valence-electron chi connectivity index (χ0n) is 11.8. The largest absolute Gasteiger partial charge is 0.573 e. The highest BCUT2D eigenvalue weighted by atomic mass is 79.9. The van der Waals surface area contributed by atoms with E-state index in [9.17, 15) is 26.3 Å². The maximum absolute atomic E-state index is 12.6. The number of halogens is 7. The number of alkyl halides is 6. The van der Waals surface area contributed by atoms with Gasteiger partial charge in [0.15, 0.2) is 0 Å². The molecule has 2 rings (SSSR count). The Labute approximate surface area is 137 Å². The third kappa shape index (κ3) is 5.56. The van der Waals surface area contributed by atoms with E-state index in [-0.39, 0.29) is 43.8 Å². The minimum Gasteiger partial charge on any atom is -0.405 e. The Hall–Kier alpha value is -0.960. The van der Waals surface area contributed by atoms with Crippen LogP contribution in [0.25, 0.3) is 0 Å². The van der Waals surface area contributed by atoms with Crippen LogP contribution in [0, 0.1) is 5.92 Å². The van der Waals surface area contributed by atoms with Crippen molar-refractivity contribution >= 4 is 15.9 Å². The summed E-state index contributed by atoms with van der Waals surface area (Å²) >= 11 is 3.07. The van der Waals surface area contributed by atoms with E-state index in [1.54, 1.807) is 11.0 Å². The van der Waals surface area contributed by atoms with Crippen LogP contribution in [0.3, 0.4) is 0 Å². The second-order valence-electron chi connectivity index (χ2n) is 5.39. The highest BCUT2D eigenvalue weighted by Gasteiger charge is 2.41. The Kier molecular flexibility index (Phi) is 5.50. The molecule has 0 N–H and O–H groups in total. The number of nitrogens with zero attached hydrogens (tertiary/aromatic N) is 1. The second-order valence-corrected chi connectivity index (χ2v) is 6.31. The summed E-state index contributed by atoms with van der Waals surface area (Å²) in [7, 11) is 0. The number of piperidine rings is 1. The van der Waals surface area contributed by atoms with Gasteiger partial charge >= 0.3 is 12.5 Å². The summed E-state index contributed by atoms with van der Waals surface area (Å²) in [6.45, 7) is 0.487. The lowest BCUT2D eigenvalue weighted by atomic mass is 9.96. The molecule has 9 heteroatoms. The molecule has 0 aliphatic carbocycles. The van der Waals surface area contributed by atoms with Crippen LogP contribution in [0.2, 0.25) is 0 Å². The van der Waals surface area contributed by atoms with Crippen molar-refractivity contribution < 1.29 is 31.1 Å². The van der Waals surface area contributed by atoms with Gasteiger partial charge in [-0.15, -0.1) is 13.2 Å². The van der Waals surface area contributed by atoms with Gasteiger partial charge in [0.25, 0.3) is 0 Å². The molecule has 0 saturated carbocycles. The monoisotopic (exact) mass is 405 g/mol. The summed E-state index contributed by atoms with van der Waals surface area (Å²) in [5.74, 6) is -1.68. The van der Waals surface area contributed by atoms with Crippen molar-refractivity contribution in [3.05, 3.63) is 28.2 Å². The molecule has 1 heterocycles. The van der Waals surface area contributed by atoms with E-state index in [4.69, 9.17) is 0 Å². The van der Waals surface area contributed by atoms with Gasteiger partial charge in [0.1, 0.15) is 5.75 Å². The van der Waals surface area contributed by atoms with Gasteiger partial charge in [0.2, 0.25) is 0 Å². The summed E-state index contributed by atoms with van der Waals surface area (Å²) in [4.78, 5) is 1.70. The van der Waals surface area contributed by atoms with Gasteiger partial charge in [-0.2, -0.15) is 13.2 Å². The zero-order chi connectivity index (χ0) is 17.3. The standard InChI is InChI=1S/C14H14BrF6NO/c15-11-2-1-9(12(7-11)23-14(19,20)21)8-22-5-3-10(4-6-22)13(16,17)18/h1-2,7,10H,3-6,8H2. The van der Waals surface area contributed by atoms with E-state index < -0.39 is 18.5 Å². The van der Waals surface area contributed by atoms with Gasteiger partial charge in [-0.25, -0.2) is 0 Å². The first-order chi connectivity index (χ1) is 10.5. The van der Waals surface area contributed by atoms with Gasteiger partial charge in [0.05, 0.1) is 5.92 Å². The van der Waals surface area contributed by atoms with Crippen LogP contribution >= 0.6 is 15.9 Å². The molecule has 23 heavy (non-hydrogen) atoms. The highest BCUT2D eigenvalue weighted by molar-refractivity contribution is 9.10. The van der Waals surface area contributed by atoms with Crippen LogP contribution in [0.4, 0.5) is 26.3 Å². The van der Waals surface area contributed by atoms with Crippen molar-refractivity contribution in [2.24, 2.45) is 5.92 Å². The first-order valence-electron chi connectivity index (χ1n) is 6.88. The topological polar surface area (TPSA) is 12.5 Å². The molecule has 1 aromatic carbocycles. The fourth-order valence-corrected chi connectivity index (χ4v) is 2.88. The fourth-order valence-electron chi connectivity index (χ4n) is 2.54. The van der Waals surface area contributed by atoms with Crippen LogP contribution in [-0.4, -0.2) is 30.5 Å². The third-order valence-electron chi connectivity index (χ3n) is 3.70. The fraction of sp³-hybridized carbons (Fsp3) is 0.571. The summed E-state index contributed by atoms with van der Waals surface area (Å²) in [5.41, 5.74) is 0.288. The lowest BCUT2D eigenvalue weighted by molar-refractivity contribution is -0.275. The summed E-state index contributed by atoms with van der Waals surface area (Å²) in [6, 6.07) is 4.24. The van der Waals surface area contributed by atoms with E-state index in [0.717, 1.165) is 0 Å². The Bertz CT molecular complexity index is 537. The summed E-state index contributed by atoms with van der Waals surface area (Å²) < 4.78 is 79.6. The molecule has 2 nitrogen and oxygen atoms in total. The van der Waals surface area contributed by atoms with Crippen molar-refractivity contribution in [3.8, 4) is 5.75 Å². The minimum atomic E-state index is -4.82. The molecule has 0 radical (unpaired) electrons. The SMILES string of the molecule is FC(F)(F)Oc1cc(Br)ccc1CN1CCC(C(F)(F)F)CC1. The van der Waals surface area contributed by atoms with Crippen molar-refractivity contribution in [1.29, 1.82) is 0 Å². The Balaban J connectivity index is 2.04. The minimum absolute atomic E-state index is 0.0461. The van der Waals surface area contributed by atoms with Crippen molar-refractivity contribution in [1.82, 2.24) is 4.90 Å².